The van der Waals surface area contributed by atoms with E-state index in [-0.39, 0.29) is 12.1 Å². The number of carbonyl (C=O) groups excluding carboxylic acids is 1. The number of hydrogen-bond acceptors (Lipinski definition) is 5. The van der Waals surface area contributed by atoms with Gasteiger partial charge in [-0.05, 0) is 18.2 Å². The Kier molecular flexibility index (Phi) is 4.51. The molecule has 1 amide bonds. The second kappa shape index (κ2) is 5.69. The molecule has 1 aromatic carbocycles. The number of sulfonamides is 1. The maximum atomic E-state index is 11.1. The molecule has 18 heavy (non-hydrogen) atoms. The SMILES string of the molecule is CS(=O)(=O)NCCNc1ccc(N)c(C(N)=O)c1. The summed E-state index contributed by atoms with van der Waals surface area (Å²) in [5.74, 6) is -0.606. The van der Waals surface area contributed by atoms with Crippen LogP contribution in [0.2, 0.25) is 0 Å². The van der Waals surface area contributed by atoms with Crippen LogP contribution in [0.4, 0.5) is 11.4 Å². The Morgan fingerprint density at radius 3 is 2.56 bits per heavy atom. The second-order valence-electron chi connectivity index (χ2n) is 3.76. The molecule has 0 aliphatic carbocycles. The molecule has 0 aromatic heterocycles. The van der Waals surface area contributed by atoms with Crippen LogP contribution in [0.3, 0.4) is 0 Å². The summed E-state index contributed by atoms with van der Waals surface area (Å²) >= 11 is 0. The van der Waals surface area contributed by atoms with Crippen LogP contribution in [-0.4, -0.2) is 33.7 Å². The number of nitrogens with two attached hydrogens (primary N) is 2. The van der Waals surface area contributed by atoms with Crippen molar-refractivity contribution >= 4 is 27.3 Å². The van der Waals surface area contributed by atoms with Gasteiger partial charge in [0.1, 0.15) is 0 Å². The van der Waals surface area contributed by atoms with Crippen LogP contribution in [0.25, 0.3) is 0 Å². The monoisotopic (exact) mass is 272 g/mol. The van der Waals surface area contributed by atoms with E-state index in [2.05, 4.69) is 10.0 Å². The molecular weight excluding hydrogens is 256 g/mol. The number of carbonyl (C=O) groups is 1. The van der Waals surface area contributed by atoms with Gasteiger partial charge in [-0.1, -0.05) is 0 Å². The van der Waals surface area contributed by atoms with E-state index in [9.17, 15) is 13.2 Å². The van der Waals surface area contributed by atoms with E-state index < -0.39 is 15.9 Å². The van der Waals surface area contributed by atoms with Gasteiger partial charge in [-0.2, -0.15) is 0 Å². The van der Waals surface area contributed by atoms with Crippen LogP contribution in [0.5, 0.6) is 0 Å². The van der Waals surface area contributed by atoms with E-state index in [4.69, 9.17) is 11.5 Å². The third kappa shape index (κ3) is 4.60. The first kappa shape index (κ1) is 14.3. The molecule has 0 saturated carbocycles. The zero-order chi connectivity index (χ0) is 13.8. The van der Waals surface area contributed by atoms with Crippen molar-refractivity contribution in [2.45, 2.75) is 0 Å². The molecule has 0 fully saturated rings. The number of nitrogens with one attached hydrogen (secondary N) is 2. The number of benzene rings is 1. The van der Waals surface area contributed by atoms with Gasteiger partial charge in [-0.3, -0.25) is 4.79 Å². The van der Waals surface area contributed by atoms with E-state index in [1.54, 1.807) is 12.1 Å². The van der Waals surface area contributed by atoms with Crippen molar-refractivity contribution in [3.05, 3.63) is 23.8 Å². The van der Waals surface area contributed by atoms with Gasteiger partial charge in [0.05, 0.1) is 11.8 Å². The van der Waals surface area contributed by atoms with Gasteiger partial charge >= 0.3 is 0 Å². The van der Waals surface area contributed by atoms with Crippen LogP contribution >= 0.6 is 0 Å². The highest BCUT2D eigenvalue weighted by molar-refractivity contribution is 7.88. The average Bonchev–Trinajstić information content (AvgIpc) is 2.24. The Balaban J connectivity index is 2.58. The summed E-state index contributed by atoms with van der Waals surface area (Å²) in [6.07, 6.45) is 1.08. The quantitative estimate of drug-likeness (QED) is 0.403. The van der Waals surface area contributed by atoms with Crippen LogP contribution in [0.15, 0.2) is 18.2 Å². The molecule has 0 aliphatic heterocycles. The lowest BCUT2D eigenvalue weighted by atomic mass is 10.1. The van der Waals surface area contributed by atoms with E-state index in [0.717, 1.165) is 6.26 Å². The van der Waals surface area contributed by atoms with Crippen molar-refractivity contribution in [2.75, 3.05) is 30.4 Å². The highest BCUT2D eigenvalue weighted by Gasteiger charge is 2.06. The summed E-state index contributed by atoms with van der Waals surface area (Å²) in [4.78, 5) is 11.1. The van der Waals surface area contributed by atoms with Crippen LogP contribution < -0.4 is 21.5 Å². The minimum Gasteiger partial charge on any atom is -0.398 e. The normalized spacial score (nSPS) is 11.2. The van der Waals surface area contributed by atoms with Gasteiger partial charge in [-0.25, -0.2) is 13.1 Å². The maximum absolute atomic E-state index is 11.1. The Hall–Kier alpha value is -1.80. The molecule has 6 N–H and O–H groups in total. The molecule has 0 unspecified atom stereocenters. The molecule has 0 heterocycles. The number of hydrogen-bond donors (Lipinski definition) is 4. The largest absolute Gasteiger partial charge is 0.398 e. The summed E-state index contributed by atoms with van der Waals surface area (Å²) in [5.41, 5.74) is 11.9. The fourth-order valence-electron chi connectivity index (χ4n) is 1.32. The van der Waals surface area contributed by atoms with Crippen molar-refractivity contribution < 1.29 is 13.2 Å². The van der Waals surface area contributed by atoms with Gasteiger partial charge in [0.15, 0.2) is 0 Å². The third-order valence-electron chi connectivity index (χ3n) is 2.14. The average molecular weight is 272 g/mol. The summed E-state index contributed by atoms with van der Waals surface area (Å²) in [6, 6.07) is 4.77. The van der Waals surface area contributed by atoms with Gasteiger partial charge < -0.3 is 16.8 Å². The molecule has 1 aromatic rings. The zero-order valence-corrected chi connectivity index (χ0v) is 10.8. The molecule has 100 valence electrons. The Morgan fingerprint density at radius 2 is 2.00 bits per heavy atom. The highest BCUT2D eigenvalue weighted by atomic mass is 32.2. The molecule has 0 radical (unpaired) electrons. The highest BCUT2D eigenvalue weighted by Crippen LogP contribution is 2.16. The molecule has 8 heteroatoms. The van der Waals surface area contributed by atoms with Crippen LogP contribution in [0.1, 0.15) is 10.4 Å². The molecule has 0 bridgehead atoms. The first-order chi connectivity index (χ1) is 8.29. The number of nitrogen functional groups attached to an aromatic ring is 1. The summed E-state index contributed by atoms with van der Waals surface area (Å²) in [6.45, 7) is 0.629. The van der Waals surface area contributed by atoms with Crippen LogP contribution in [0, 0.1) is 0 Å². The Morgan fingerprint density at radius 1 is 1.33 bits per heavy atom. The van der Waals surface area contributed by atoms with E-state index in [1.807, 2.05) is 0 Å². The van der Waals surface area contributed by atoms with Crippen molar-refractivity contribution in [3.63, 3.8) is 0 Å². The smallest absolute Gasteiger partial charge is 0.250 e. The van der Waals surface area contributed by atoms with Crippen molar-refractivity contribution in [1.29, 1.82) is 0 Å². The first-order valence-corrected chi connectivity index (χ1v) is 7.06. The van der Waals surface area contributed by atoms with E-state index in [0.29, 0.717) is 17.9 Å². The number of amides is 1. The van der Waals surface area contributed by atoms with Crippen molar-refractivity contribution in [1.82, 2.24) is 4.72 Å². The molecular formula is C10H16N4O3S. The van der Waals surface area contributed by atoms with Crippen LogP contribution in [-0.2, 0) is 10.0 Å². The molecule has 7 nitrogen and oxygen atoms in total. The minimum absolute atomic E-state index is 0.232. The first-order valence-electron chi connectivity index (χ1n) is 5.17. The lowest BCUT2D eigenvalue weighted by molar-refractivity contribution is 0.100. The lowest BCUT2D eigenvalue weighted by Gasteiger charge is -2.09. The van der Waals surface area contributed by atoms with Crippen molar-refractivity contribution in [2.24, 2.45) is 5.73 Å². The van der Waals surface area contributed by atoms with Gasteiger partial charge in [0.2, 0.25) is 10.0 Å². The zero-order valence-electron chi connectivity index (χ0n) is 9.93. The number of rotatable bonds is 6. The third-order valence-corrected chi connectivity index (χ3v) is 2.87. The van der Waals surface area contributed by atoms with Crippen molar-refractivity contribution in [3.8, 4) is 0 Å². The molecule has 0 spiro atoms. The standard InChI is InChI=1S/C10H16N4O3S/c1-18(16,17)14-5-4-13-7-2-3-9(11)8(6-7)10(12)15/h2-3,6,13-14H,4-5,11H2,1H3,(H2,12,15). The van der Waals surface area contributed by atoms with Gasteiger partial charge in [0.25, 0.3) is 5.91 Å². The lowest BCUT2D eigenvalue weighted by Crippen LogP contribution is -2.27. The topological polar surface area (TPSA) is 127 Å². The molecule has 0 atom stereocenters. The fourth-order valence-corrected chi connectivity index (χ4v) is 1.80. The Labute approximate surface area is 106 Å². The second-order valence-corrected chi connectivity index (χ2v) is 5.59. The summed E-state index contributed by atoms with van der Waals surface area (Å²) in [7, 11) is -3.19. The van der Waals surface area contributed by atoms with Gasteiger partial charge in [-0.15, -0.1) is 0 Å². The minimum atomic E-state index is -3.19. The molecule has 0 aliphatic rings. The maximum Gasteiger partial charge on any atom is 0.250 e. The Bertz CT molecular complexity index is 542. The predicted octanol–water partition coefficient (Wildman–Crippen LogP) is -0.671. The molecule has 1 rings (SSSR count). The predicted molar refractivity (Wildman–Crippen MR) is 70.7 cm³/mol. The molecule has 0 saturated heterocycles. The fraction of sp³-hybridized carbons (Fsp3) is 0.300. The summed E-state index contributed by atoms with van der Waals surface area (Å²) < 4.78 is 24.0. The number of primary amides is 1. The van der Waals surface area contributed by atoms with E-state index >= 15 is 0 Å². The van der Waals surface area contributed by atoms with Gasteiger partial charge in [0, 0.05) is 24.5 Å². The van der Waals surface area contributed by atoms with E-state index in [1.165, 1.54) is 6.07 Å². The number of anilines is 2. The summed E-state index contributed by atoms with van der Waals surface area (Å²) in [5, 5.41) is 2.95.